The highest BCUT2D eigenvalue weighted by molar-refractivity contribution is 5.74. The maximum Gasteiger partial charge on any atom is 0.407 e. The van der Waals surface area contributed by atoms with Gasteiger partial charge in [0, 0.05) is 19.0 Å². The summed E-state index contributed by atoms with van der Waals surface area (Å²) in [5.41, 5.74) is -1.81. The number of nitrogens with zero attached hydrogens (tertiary/aromatic N) is 2. The quantitative estimate of drug-likeness (QED) is 0.253. The summed E-state index contributed by atoms with van der Waals surface area (Å²) in [5.74, 6) is -1.15. The third kappa shape index (κ3) is 7.11. The molecule has 11 nitrogen and oxygen atoms in total. The third-order valence-corrected chi connectivity index (χ3v) is 2.80. The van der Waals surface area contributed by atoms with Crippen molar-refractivity contribution in [2.75, 3.05) is 6.54 Å². The molecule has 0 fully saturated rings. The van der Waals surface area contributed by atoms with Crippen molar-refractivity contribution < 1.29 is 28.9 Å². The van der Waals surface area contributed by atoms with Gasteiger partial charge in [-0.25, -0.2) is 4.79 Å². The van der Waals surface area contributed by atoms with E-state index in [1.54, 1.807) is 20.8 Å². The number of carbonyl (C=O) groups excluding carboxylic acids is 2. The summed E-state index contributed by atoms with van der Waals surface area (Å²) >= 11 is 0. The van der Waals surface area contributed by atoms with E-state index in [0.717, 1.165) is 12.1 Å². The van der Waals surface area contributed by atoms with Gasteiger partial charge in [0.2, 0.25) is 5.75 Å². The molecule has 0 aliphatic carbocycles. The van der Waals surface area contributed by atoms with Crippen LogP contribution in [0.4, 0.5) is 16.2 Å². The summed E-state index contributed by atoms with van der Waals surface area (Å²) in [6.45, 7) is 5.27. The van der Waals surface area contributed by atoms with E-state index in [9.17, 15) is 29.8 Å². The maximum atomic E-state index is 11.8. The van der Waals surface area contributed by atoms with E-state index in [1.807, 2.05) is 0 Å². The van der Waals surface area contributed by atoms with Gasteiger partial charge in [-0.2, -0.15) is 0 Å². The SMILES string of the molecule is CC(C)(C)OC(=O)NCCCC(=O)Oc1ccc([N+](=O)[O-])cc1[N+](=O)[O-]. The van der Waals surface area contributed by atoms with Crippen molar-refractivity contribution >= 4 is 23.4 Å². The molecular weight excluding hydrogens is 350 g/mol. The smallest absolute Gasteiger partial charge is 0.407 e. The Morgan fingerprint density at radius 2 is 1.81 bits per heavy atom. The highest BCUT2D eigenvalue weighted by atomic mass is 16.6. The zero-order valence-corrected chi connectivity index (χ0v) is 14.5. The molecule has 142 valence electrons. The number of hydrogen-bond donors (Lipinski definition) is 1. The molecule has 0 aliphatic rings. The Morgan fingerprint density at radius 3 is 2.35 bits per heavy atom. The lowest BCUT2D eigenvalue weighted by Crippen LogP contribution is -2.33. The van der Waals surface area contributed by atoms with E-state index in [4.69, 9.17) is 9.47 Å². The van der Waals surface area contributed by atoms with Crippen LogP contribution < -0.4 is 10.1 Å². The molecule has 0 bridgehead atoms. The normalized spacial score (nSPS) is 10.7. The van der Waals surface area contributed by atoms with E-state index in [-0.39, 0.29) is 25.1 Å². The number of nitro groups is 2. The number of benzene rings is 1. The van der Waals surface area contributed by atoms with Gasteiger partial charge >= 0.3 is 17.7 Å². The second-order valence-electron chi connectivity index (χ2n) is 6.17. The standard InChI is InChI=1S/C15H19N3O8/c1-15(2,3)26-14(20)16-8-4-5-13(19)25-12-7-6-10(17(21)22)9-11(12)18(23)24/h6-7,9H,4-5,8H2,1-3H3,(H,16,20). The van der Waals surface area contributed by atoms with Crippen LogP contribution in [-0.4, -0.2) is 34.1 Å². The molecule has 0 atom stereocenters. The number of non-ortho nitro benzene ring substituents is 1. The molecule has 0 heterocycles. The second-order valence-corrected chi connectivity index (χ2v) is 6.17. The third-order valence-electron chi connectivity index (χ3n) is 2.80. The highest BCUT2D eigenvalue weighted by Crippen LogP contribution is 2.31. The van der Waals surface area contributed by atoms with Gasteiger partial charge in [0.25, 0.3) is 5.69 Å². The Bertz CT molecular complexity index is 711. The zero-order valence-electron chi connectivity index (χ0n) is 14.5. The highest BCUT2D eigenvalue weighted by Gasteiger charge is 2.22. The van der Waals surface area contributed by atoms with E-state index in [1.165, 1.54) is 0 Å². The summed E-state index contributed by atoms with van der Waals surface area (Å²) in [7, 11) is 0. The Balaban J connectivity index is 2.54. The fraction of sp³-hybridized carbons (Fsp3) is 0.467. The number of ether oxygens (including phenoxy) is 2. The minimum absolute atomic E-state index is 0.121. The lowest BCUT2D eigenvalue weighted by Gasteiger charge is -2.19. The Kier molecular flexibility index (Phi) is 6.99. The molecule has 0 unspecified atom stereocenters. The monoisotopic (exact) mass is 369 g/mol. The van der Waals surface area contributed by atoms with E-state index >= 15 is 0 Å². The number of carbonyl (C=O) groups is 2. The van der Waals surface area contributed by atoms with Crippen molar-refractivity contribution in [1.82, 2.24) is 5.32 Å². The van der Waals surface area contributed by atoms with Crippen LogP contribution in [0.1, 0.15) is 33.6 Å². The fourth-order valence-electron chi connectivity index (χ4n) is 1.76. The minimum Gasteiger partial charge on any atom is -0.444 e. The van der Waals surface area contributed by atoms with Crippen molar-refractivity contribution in [3.8, 4) is 5.75 Å². The molecule has 1 rings (SSSR count). The van der Waals surface area contributed by atoms with Gasteiger partial charge in [0.15, 0.2) is 0 Å². The van der Waals surface area contributed by atoms with Gasteiger partial charge in [-0.15, -0.1) is 0 Å². The molecule has 1 aromatic rings. The molecule has 26 heavy (non-hydrogen) atoms. The minimum atomic E-state index is -0.875. The summed E-state index contributed by atoms with van der Waals surface area (Å²) in [5, 5.41) is 24.1. The largest absolute Gasteiger partial charge is 0.444 e. The van der Waals surface area contributed by atoms with E-state index in [2.05, 4.69) is 5.32 Å². The molecule has 0 aliphatic heterocycles. The molecule has 0 aromatic heterocycles. The van der Waals surface area contributed by atoms with Crippen molar-refractivity contribution in [2.45, 2.75) is 39.2 Å². The molecule has 1 N–H and O–H groups in total. The van der Waals surface area contributed by atoms with Crippen LogP contribution in [0.15, 0.2) is 18.2 Å². The van der Waals surface area contributed by atoms with Crippen molar-refractivity contribution in [2.24, 2.45) is 0 Å². The molecule has 0 saturated heterocycles. The van der Waals surface area contributed by atoms with Crippen molar-refractivity contribution in [3.05, 3.63) is 38.4 Å². The lowest BCUT2D eigenvalue weighted by atomic mass is 10.2. The first-order valence-electron chi connectivity index (χ1n) is 7.60. The molecule has 0 spiro atoms. The molecule has 1 amide bonds. The van der Waals surface area contributed by atoms with Crippen molar-refractivity contribution in [1.29, 1.82) is 0 Å². The number of alkyl carbamates (subject to hydrolysis) is 1. The van der Waals surface area contributed by atoms with Gasteiger partial charge in [-0.05, 0) is 33.3 Å². The number of esters is 1. The van der Waals surface area contributed by atoms with E-state index in [0.29, 0.717) is 6.07 Å². The van der Waals surface area contributed by atoms with Crippen LogP contribution >= 0.6 is 0 Å². The van der Waals surface area contributed by atoms with Gasteiger partial charge in [-0.3, -0.25) is 25.0 Å². The molecular formula is C15H19N3O8. The van der Waals surface area contributed by atoms with Gasteiger partial charge < -0.3 is 14.8 Å². The summed E-state index contributed by atoms with van der Waals surface area (Å²) in [6.07, 6.45) is -0.528. The Morgan fingerprint density at radius 1 is 1.15 bits per heavy atom. The fourth-order valence-corrected chi connectivity index (χ4v) is 1.76. The van der Waals surface area contributed by atoms with Crippen LogP contribution in [-0.2, 0) is 9.53 Å². The van der Waals surface area contributed by atoms with Gasteiger partial charge in [-0.1, -0.05) is 0 Å². The molecule has 0 saturated carbocycles. The molecule has 11 heteroatoms. The van der Waals surface area contributed by atoms with Crippen LogP contribution in [0.2, 0.25) is 0 Å². The van der Waals surface area contributed by atoms with Gasteiger partial charge in [0.05, 0.1) is 15.9 Å². The number of nitrogens with one attached hydrogen (secondary N) is 1. The van der Waals surface area contributed by atoms with Crippen LogP contribution in [0.25, 0.3) is 0 Å². The number of amides is 1. The maximum absolute atomic E-state index is 11.8. The Labute approximate surface area is 148 Å². The number of rotatable bonds is 7. The predicted octanol–water partition coefficient (Wildman–Crippen LogP) is 2.71. The van der Waals surface area contributed by atoms with Crippen LogP contribution in [0.3, 0.4) is 0 Å². The first-order chi connectivity index (χ1) is 12.0. The molecule has 1 aromatic carbocycles. The van der Waals surface area contributed by atoms with Crippen molar-refractivity contribution in [3.63, 3.8) is 0 Å². The average Bonchev–Trinajstić information content (AvgIpc) is 2.49. The molecule has 0 radical (unpaired) electrons. The summed E-state index contributed by atoms with van der Waals surface area (Å²) in [6, 6.07) is 2.71. The summed E-state index contributed by atoms with van der Waals surface area (Å²) in [4.78, 5) is 43.1. The zero-order chi connectivity index (χ0) is 19.9. The van der Waals surface area contributed by atoms with E-state index < -0.39 is 38.9 Å². The lowest BCUT2D eigenvalue weighted by molar-refractivity contribution is -0.394. The average molecular weight is 369 g/mol. The Hall–Kier alpha value is -3.24. The van der Waals surface area contributed by atoms with Crippen LogP contribution in [0.5, 0.6) is 5.75 Å². The second kappa shape index (κ2) is 8.74. The predicted molar refractivity (Wildman–Crippen MR) is 88.9 cm³/mol. The van der Waals surface area contributed by atoms with Gasteiger partial charge in [0.1, 0.15) is 5.60 Å². The van der Waals surface area contributed by atoms with Crippen LogP contribution in [0, 0.1) is 20.2 Å². The number of nitro benzene ring substituents is 2. The first kappa shape index (κ1) is 20.8. The first-order valence-corrected chi connectivity index (χ1v) is 7.60. The summed E-state index contributed by atoms with van der Waals surface area (Å²) < 4.78 is 9.90. The topological polar surface area (TPSA) is 151 Å². The number of hydrogen-bond acceptors (Lipinski definition) is 8.